The molecule has 1 aromatic rings. The zero-order valence-corrected chi connectivity index (χ0v) is 17.4. The molecule has 172 valence electrons. The van der Waals surface area contributed by atoms with E-state index in [2.05, 4.69) is 15.5 Å². The number of methoxy groups -OCH3 is 1. The molecule has 1 heterocycles. The number of hydrogen-bond donors (Lipinski definition) is 2. The van der Waals surface area contributed by atoms with Crippen molar-refractivity contribution in [2.75, 3.05) is 39.8 Å². The van der Waals surface area contributed by atoms with E-state index < -0.39 is 23.3 Å². The number of carbonyl (C=O) groups is 2. The van der Waals surface area contributed by atoms with Crippen LogP contribution in [0.4, 0.5) is 17.6 Å². The van der Waals surface area contributed by atoms with Gasteiger partial charge in [0.2, 0.25) is 5.91 Å². The molecule has 0 atom stereocenters. The Labute approximate surface area is 178 Å². The number of likely N-dealkylation sites (tertiary alicyclic amines) is 1. The van der Waals surface area contributed by atoms with E-state index in [1.165, 1.54) is 19.2 Å². The Kier molecular flexibility index (Phi) is 7.08. The van der Waals surface area contributed by atoms with Gasteiger partial charge >= 0.3 is 6.18 Å². The van der Waals surface area contributed by atoms with Gasteiger partial charge in [0, 0.05) is 31.3 Å². The van der Waals surface area contributed by atoms with Crippen molar-refractivity contribution in [1.29, 1.82) is 0 Å². The number of amides is 2. The van der Waals surface area contributed by atoms with Crippen LogP contribution in [-0.2, 0) is 4.79 Å². The number of rotatable bonds is 8. The zero-order valence-electron chi connectivity index (χ0n) is 17.4. The Hall–Kier alpha value is -2.36. The van der Waals surface area contributed by atoms with Crippen molar-refractivity contribution >= 4 is 11.8 Å². The zero-order chi connectivity index (χ0) is 22.6. The summed E-state index contributed by atoms with van der Waals surface area (Å²) >= 11 is 0. The number of halogens is 4. The van der Waals surface area contributed by atoms with Gasteiger partial charge in [0.05, 0.1) is 7.11 Å². The first kappa shape index (κ1) is 23.3. The summed E-state index contributed by atoms with van der Waals surface area (Å²) < 4.78 is 57.3. The lowest BCUT2D eigenvalue weighted by Crippen LogP contribution is -2.45. The predicted octanol–water partition coefficient (Wildman–Crippen LogP) is 2.73. The molecule has 2 aliphatic rings. The average Bonchev–Trinajstić information content (AvgIpc) is 3.54. The van der Waals surface area contributed by atoms with Gasteiger partial charge in [-0.2, -0.15) is 13.2 Å². The van der Waals surface area contributed by atoms with Crippen LogP contribution in [0, 0.1) is 17.2 Å². The molecule has 0 aromatic heterocycles. The highest BCUT2D eigenvalue weighted by molar-refractivity contribution is 5.94. The van der Waals surface area contributed by atoms with Gasteiger partial charge < -0.3 is 20.3 Å². The summed E-state index contributed by atoms with van der Waals surface area (Å²) in [4.78, 5) is 26.2. The van der Waals surface area contributed by atoms with E-state index in [1.807, 2.05) is 0 Å². The normalized spacial score (nSPS) is 19.0. The van der Waals surface area contributed by atoms with Gasteiger partial charge in [-0.05, 0) is 56.8 Å². The summed E-state index contributed by atoms with van der Waals surface area (Å²) in [6, 6.07) is 3.82. The second-order valence-electron chi connectivity index (χ2n) is 8.21. The Bertz CT molecular complexity index is 804. The maximum Gasteiger partial charge on any atom is 0.403 e. The number of carbonyl (C=O) groups excluding carboxylic acids is 2. The summed E-state index contributed by atoms with van der Waals surface area (Å²) in [7, 11) is 1.40. The fourth-order valence-corrected chi connectivity index (χ4v) is 3.83. The molecule has 1 saturated heterocycles. The number of hydrogen-bond acceptors (Lipinski definition) is 4. The van der Waals surface area contributed by atoms with Crippen LogP contribution in [0.5, 0.6) is 5.75 Å². The van der Waals surface area contributed by atoms with Crippen LogP contribution in [0.1, 0.15) is 36.0 Å². The van der Waals surface area contributed by atoms with Crippen molar-refractivity contribution in [1.82, 2.24) is 15.5 Å². The molecule has 3 rings (SSSR count). The summed E-state index contributed by atoms with van der Waals surface area (Å²) in [5, 5.41) is 5.24. The molecule has 1 aliphatic heterocycles. The number of nitrogens with zero attached hydrogens (tertiary/aromatic N) is 1. The van der Waals surface area contributed by atoms with Crippen LogP contribution in [0.3, 0.4) is 0 Å². The minimum Gasteiger partial charge on any atom is -0.497 e. The van der Waals surface area contributed by atoms with Crippen molar-refractivity contribution in [3.8, 4) is 5.75 Å². The summed E-state index contributed by atoms with van der Waals surface area (Å²) in [5.74, 6) is -1.32. The molecule has 0 bridgehead atoms. The second-order valence-corrected chi connectivity index (χ2v) is 8.21. The number of nitrogens with one attached hydrogen (secondary N) is 2. The number of piperidine rings is 1. The fraction of sp³-hybridized carbons (Fsp3) is 0.619. The van der Waals surface area contributed by atoms with Crippen LogP contribution in [0.25, 0.3) is 0 Å². The van der Waals surface area contributed by atoms with E-state index in [0.29, 0.717) is 13.1 Å². The topological polar surface area (TPSA) is 70.7 Å². The fourth-order valence-electron chi connectivity index (χ4n) is 3.83. The van der Waals surface area contributed by atoms with Crippen LogP contribution < -0.4 is 15.4 Å². The van der Waals surface area contributed by atoms with Crippen molar-refractivity contribution in [2.24, 2.45) is 11.3 Å². The molecule has 1 aromatic carbocycles. The highest BCUT2D eigenvalue weighted by Gasteiger charge is 2.68. The van der Waals surface area contributed by atoms with Gasteiger partial charge in [-0.25, -0.2) is 4.39 Å². The Morgan fingerprint density at radius 2 is 1.84 bits per heavy atom. The third kappa shape index (κ3) is 5.66. The van der Waals surface area contributed by atoms with Crippen LogP contribution >= 0.6 is 0 Å². The first-order valence-corrected chi connectivity index (χ1v) is 10.3. The van der Waals surface area contributed by atoms with Gasteiger partial charge in [-0.3, -0.25) is 9.59 Å². The molecule has 2 N–H and O–H groups in total. The standard InChI is InChI=1S/C21H27F4N3O3/c1-31-17-11-15(10-16(22)12-17)18(29)27-13-14-2-7-28(8-3-14)9-6-26-19(30)20(4-5-20)21(23,24)25/h10-12,14H,2-9,13H2,1H3,(H,26,30)(H,27,29). The minimum absolute atomic E-state index is 0.137. The minimum atomic E-state index is -4.49. The average molecular weight is 445 g/mol. The van der Waals surface area contributed by atoms with Crippen molar-refractivity contribution in [2.45, 2.75) is 31.9 Å². The van der Waals surface area contributed by atoms with Crippen LogP contribution in [-0.4, -0.2) is 62.7 Å². The van der Waals surface area contributed by atoms with Crippen molar-refractivity contribution in [3.05, 3.63) is 29.6 Å². The highest BCUT2D eigenvalue weighted by atomic mass is 19.4. The monoisotopic (exact) mass is 445 g/mol. The first-order chi connectivity index (χ1) is 14.6. The number of benzene rings is 1. The van der Waals surface area contributed by atoms with E-state index in [0.717, 1.165) is 32.0 Å². The number of alkyl halides is 3. The molecule has 0 unspecified atom stereocenters. The maximum absolute atomic E-state index is 13.5. The molecule has 1 saturated carbocycles. The predicted molar refractivity (Wildman–Crippen MR) is 105 cm³/mol. The molecule has 6 nitrogen and oxygen atoms in total. The molecule has 1 aliphatic carbocycles. The van der Waals surface area contributed by atoms with Gasteiger partial charge in [0.25, 0.3) is 5.91 Å². The van der Waals surface area contributed by atoms with Crippen molar-refractivity contribution in [3.63, 3.8) is 0 Å². The largest absolute Gasteiger partial charge is 0.497 e. The molecular weight excluding hydrogens is 418 g/mol. The van der Waals surface area contributed by atoms with Crippen LogP contribution in [0.2, 0.25) is 0 Å². The van der Waals surface area contributed by atoms with E-state index in [9.17, 15) is 27.2 Å². The molecule has 0 spiro atoms. The summed E-state index contributed by atoms with van der Waals surface area (Å²) in [6.45, 7) is 2.58. The molecule has 2 fully saturated rings. The second kappa shape index (κ2) is 9.42. The SMILES string of the molecule is COc1cc(F)cc(C(=O)NCC2CCN(CCNC(=O)C3(C(F)(F)F)CC3)CC2)c1. The van der Waals surface area contributed by atoms with E-state index in [-0.39, 0.29) is 42.5 Å². The van der Waals surface area contributed by atoms with Gasteiger partial charge in [-0.1, -0.05) is 0 Å². The lowest BCUT2D eigenvalue weighted by atomic mass is 9.96. The van der Waals surface area contributed by atoms with Gasteiger partial charge in [0.15, 0.2) is 0 Å². The van der Waals surface area contributed by atoms with Crippen LogP contribution in [0.15, 0.2) is 18.2 Å². The lowest BCUT2D eigenvalue weighted by molar-refractivity contribution is -0.192. The Morgan fingerprint density at radius 1 is 1.16 bits per heavy atom. The van der Waals surface area contributed by atoms with Gasteiger partial charge in [-0.15, -0.1) is 0 Å². The quantitative estimate of drug-likeness (QED) is 0.604. The lowest BCUT2D eigenvalue weighted by Gasteiger charge is -2.32. The molecule has 31 heavy (non-hydrogen) atoms. The van der Waals surface area contributed by atoms with E-state index >= 15 is 0 Å². The molecule has 2 amide bonds. The van der Waals surface area contributed by atoms with Crippen molar-refractivity contribution < 1.29 is 31.9 Å². The third-order valence-corrected chi connectivity index (χ3v) is 6.07. The summed E-state index contributed by atoms with van der Waals surface area (Å²) in [6.07, 6.45) is -3.14. The smallest absolute Gasteiger partial charge is 0.403 e. The summed E-state index contributed by atoms with van der Waals surface area (Å²) in [5.41, 5.74) is -1.98. The third-order valence-electron chi connectivity index (χ3n) is 6.07. The van der Waals surface area contributed by atoms with E-state index in [1.54, 1.807) is 0 Å². The molecular formula is C21H27F4N3O3. The number of ether oxygens (including phenoxy) is 1. The molecule has 0 radical (unpaired) electrons. The highest BCUT2D eigenvalue weighted by Crippen LogP contribution is 2.57. The first-order valence-electron chi connectivity index (χ1n) is 10.3. The maximum atomic E-state index is 13.5. The van der Waals surface area contributed by atoms with Gasteiger partial charge in [0.1, 0.15) is 17.0 Å². The Balaban J connectivity index is 1.35. The molecule has 10 heteroatoms. The van der Waals surface area contributed by atoms with E-state index in [4.69, 9.17) is 4.74 Å². The Morgan fingerprint density at radius 3 is 2.42 bits per heavy atom.